The van der Waals surface area contributed by atoms with Gasteiger partial charge in [-0.05, 0) is 48.4 Å². The van der Waals surface area contributed by atoms with E-state index in [1.54, 1.807) is 24.7 Å². The predicted molar refractivity (Wildman–Crippen MR) is 113 cm³/mol. The minimum Gasteiger partial charge on any atom is -0.490 e. The molecule has 0 unspecified atom stereocenters. The first-order valence-corrected chi connectivity index (χ1v) is 10.4. The number of hydrogen-bond acceptors (Lipinski definition) is 6. The molecule has 2 aliphatic rings. The van der Waals surface area contributed by atoms with Crippen LogP contribution in [0.25, 0.3) is 11.1 Å². The fourth-order valence-corrected chi connectivity index (χ4v) is 4.65. The summed E-state index contributed by atoms with van der Waals surface area (Å²) in [6, 6.07) is 9.40. The van der Waals surface area contributed by atoms with E-state index in [1.165, 1.54) is 17.9 Å². The largest absolute Gasteiger partial charge is 0.490 e. The summed E-state index contributed by atoms with van der Waals surface area (Å²) in [7, 11) is 0. The maximum absolute atomic E-state index is 12.7. The molecule has 31 heavy (non-hydrogen) atoms. The molecule has 2 fully saturated rings. The number of ketones is 1. The predicted octanol–water partition coefficient (Wildman–Crippen LogP) is 3.30. The van der Waals surface area contributed by atoms with Gasteiger partial charge in [0.15, 0.2) is 5.78 Å². The maximum Gasteiger partial charge on any atom is 0.344 e. The molecule has 1 aromatic carbocycles. The first kappa shape index (κ1) is 19.4. The van der Waals surface area contributed by atoms with Crippen LogP contribution in [0.15, 0.2) is 55.2 Å². The molecule has 0 radical (unpaired) electrons. The Kier molecular flexibility index (Phi) is 4.97. The zero-order chi connectivity index (χ0) is 21.4. The van der Waals surface area contributed by atoms with Crippen molar-refractivity contribution in [1.82, 2.24) is 24.6 Å². The highest BCUT2D eigenvalue weighted by Gasteiger charge is 2.43. The third-order valence-corrected chi connectivity index (χ3v) is 6.15. The molecule has 0 spiro atoms. The minimum absolute atomic E-state index is 0.142. The van der Waals surface area contributed by atoms with Gasteiger partial charge in [0.1, 0.15) is 17.8 Å². The van der Waals surface area contributed by atoms with Crippen LogP contribution >= 0.6 is 0 Å². The van der Waals surface area contributed by atoms with Crippen LogP contribution in [0, 0.1) is 11.8 Å². The second-order valence-corrected chi connectivity index (χ2v) is 8.28. The Labute approximate surface area is 179 Å². The number of fused-ring (bicyclic) bond motifs is 1. The number of amides is 1. The third-order valence-electron chi connectivity index (χ3n) is 6.15. The van der Waals surface area contributed by atoms with Gasteiger partial charge in [0, 0.05) is 44.2 Å². The first-order valence-electron chi connectivity index (χ1n) is 10.4. The molecule has 2 aromatic heterocycles. The first-order chi connectivity index (χ1) is 15.1. The van der Waals surface area contributed by atoms with Gasteiger partial charge in [-0.15, -0.1) is 0 Å². The van der Waals surface area contributed by atoms with Crippen LogP contribution in [0.3, 0.4) is 0 Å². The quantitative estimate of drug-likeness (QED) is 0.605. The Hall–Kier alpha value is -3.55. The van der Waals surface area contributed by atoms with E-state index in [4.69, 9.17) is 4.74 Å². The van der Waals surface area contributed by atoms with E-state index in [-0.39, 0.29) is 17.9 Å². The van der Waals surface area contributed by atoms with E-state index < -0.39 is 0 Å². The van der Waals surface area contributed by atoms with Crippen molar-refractivity contribution in [3.05, 3.63) is 60.9 Å². The number of carbonyl (C=O) groups excluding carboxylic acids is 2. The molecule has 3 heterocycles. The monoisotopic (exact) mass is 417 g/mol. The van der Waals surface area contributed by atoms with Gasteiger partial charge in [-0.25, -0.2) is 14.8 Å². The number of nitrogens with zero attached hydrogens (tertiary/aromatic N) is 5. The van der Waals surface area contributed by atoms with Crippen molar-refractivity contribution in [1.29, 1.82) is 0 Å². The zero-order valence-corrected chi connectivity index (χ0v) is 17.2. The van der Waals surface area contributed by atoms with Gasteiger partial charge in [0.25, 0.3) is 0 Å². The van der Waals surface area contributed by atoms with Crippen LogP contribution in [0.5, 0.6) is 5.75 Å². The SMILES string of the molecule is CC(=O)c1ccn(C(=O)N2C[C@H]3C[C@H](Oc4cccc(-c5cncnc5)c4)C[C@H]3C2)n1. The summed E-state index contributed by atoms with van der Waals surface area (Å²) >= 11 is 0. The van der Waals surface area contributed by atoms with Crippen molar-refractivity contribution in [2.75, 3.05) is 13.1 Å². The second-order valence-electron chi connectivity index (χ2n) is 8.28. The molecular formula is C23H23N5O3. The van der Waals surface area contributed by atoms with Crippen molar-refractivity contribution in [3.63, 3.8) is 0 Å². The summed E-state index contributed by atoms with van der Waals surface area (Å²) in [5.41, 5.74) is 2.29. The van der Waals surface area contributed by atoms with Crippen molar-refractivity contribution >= 4 is 11.8 Å². The van der Waals surface area contributed by atoms with Crippen molar-refractivity contribution < 1.29 is 14.3 Å². The van der Waals surface area contributed by atoms with Crippen LogP contribution in [0.1, 0.15) is 30.3 Å². The third kappa shape index (κ3) is 3.93. The molecule has 8 heteroatoms. The molecule has 0 N–H and O–H groups in total. The van der Waals surface area contributed by atoms with Crippen LogP contribution in [-0.2, 0) is 0 Å². The van der Waals surface area contributed by atoms with Gasteiger partial charge in [-0.3, -0.25) is 4.79 Å². The Balaban J connectivity index is 1.20. The summed E-state index contributed by atoms with van der Waals surface area (Å²) in [5, 5.41) is 4.09. The molecule has 5 rings (SSSR count). The highest BCUT2D eigenvalue weighted by Crippen LogP contribution is 2.40. The second kappa shape index (κ2) is 7.94. The van der Waals surface area contributed by atoms with E-state index in [9.17, 15) is 9.59 Å². The number of Topliss-reactive ketones (excluding diaryl/α,β-unsaturated/α-hetero) is 1. The standard InChI is InChI=1S/C23H23N5O3/c1-15(29)22-5-6-28(26-22)23(30)27-12-17-8-21(9-18(17)13-27)31-20-4-2-3-16(7-20)19-10-24-14-25-11-19/h2-7,10-11,14,17-18,21H,8-9,12-13H2,1H3/t17-,18+,21+. The van der Waals surface area contributed by atoms with Gasteiger partial charge >= 0.3 is 6.03 Å². The Morgan fingerprint density at radius 1 is 1.03 bits per heavy atom. The van der Waals surface area contributed by atoms with Gasteiger partial charge < -0.3 is 9.64 Å². The highest BCUT2D eigenvalue weighted by molar-refractivity contribution is 5.92. The van der Waals surface area contributed by atoms with Crippen LogP contribution < -0.4 is 4.74 Å². The molecule has 1 saturated heterocycles. The Bertz CT molecular complexity index is 1100. The molecule has 158 valence electrons. The lowest BCUT2D eigenvalue weighted by Gasteiger charge is -2.20. The van der Waals surface area contributed by atoms with E-state index in [0.717, 1.165) is 29.7 Å². The average Bonchev–Trinajstić information content (AvgIpc) is 3.49. The van der Waals surface area contributed by atoms with Gasteiger partial charge in [0.05, 0.1) is 6.10 Å². The summed E-state index contributed by atoms with van der Waals surface area (Å²) in [6.07, 6.45) is 8.64. The van der Waals surface area contributed by atoms with Crippen molar-refractivity contribution in [2.24, 2.45) is 11.8 Å². The molecular weight excluding hydrogens is 394 g/mol. The number of rotatable bonds is 4. The number of likely N-dealkylation sites (tertiary alicyclic amines) is 1. The van der Waals surface area contributed by atoms with Crippen LogP contribution in [0.2, 0.25) is 0 Å². The zero-order valence-electron chi connectivity index (χ0n) is 17.2. The normalized spacial score (nSPS) is 22.4. The molecule has 3 aromatic rings. The summed E-state index contributed by atoms with van der Waals surface area (Å²) in [5.74, 6) is 1.53. The lowest BCUT2D eigenvalue weighted by Crippen LogP contribution is -2.34. The Morgan fingerprint density at radius 3 is 2.45 bits per heavy atom. The summed E-state index contributed by atoms with van der Waals surface area (Å²) in [4.78, 5) is 34.2. The lowest BCUT2D eigenvalue weighted by atomic mass is 10.0. The van der Waals surface area contributed by atoms with Gasteiger partial charge in [-0.1, -0.05) is 12.1 Å². The number of carbonyl (C=O) groups is 2. The number of benzene rings is 1. The number of ether oxygens (including phenoxy) is 1. The Morgan fingerprint density at radius 2 is 1.77 bits per heavy atom. The maximum atomic E-state index is 12.7. The van der Waals surface area contributed by atoms with Gasteiger partial charge in [0.2, 0.25) is 0 Å². The smallest absolute Gasteiger partial charge is 0.344 e. The molecule has 1 amide bonds. The number of aromatic nitrogens is 4. The van der Waals surface area contributed by atoms with Crippen molar-refractivity contribution in [3.8, 4) is 16.9 Å². The molecule has 0 bridgehead atoms. The van der Waals surface area contributed by atoms with Crippen LogP contribution in [0.4, 0.5) is 4.79 Å². The van der Waals surface area contributed by atoms with E-state index >= 15 is 0 Å². The topological polar surface area (TPSA) is 90.2 Å². The summed E-state index contributed by atoms with van der Waals surface area (Å²) < 4.78 is 7.55. The highest BCUT2D eigenvalue weighted by atomic mass is 16.5. The van der Waals surface area contributed by atoms with E-state index in [0.29, 0.717) is 30.6 Å². The van der Waals surface area contributed by atoms with Crippen LogP contribution in [-0.4, -0.2) is 55.7 Å². The van der Waals surface area contributed by atoms with E-state index in [1.807, 2.05) is 29.2 Å². The fraction of sp³-hybridized carbons (Fsp3) is 0.348. The lowest BCUT2D eigenvalue weighted by molar-refractivity contribution is 0.101. The van der Waals surface area contributed by atoms with E-state index in [2.05, 4.69) is 15.1 Å². The molecule has 1 saturated carbocycles. The molecule has 1 aliphatic carbocycles. The molecule has 1 aliphatic heterocycles. The summed E-state index contributed by atoms with van der Waals surface area (Å²) in [6.45, 7) is 2.83. The minimum atomic E-state index is -0.169. The van der Waals surface area contributed by atoms with Gasteiger partial charge in [-0.2, -0.15) is 9.78 Å². The number of hydrogen-bond donors (Lipinski definition) is 0. The van der Waals surface area contributed by atoms with Crippen molar-refractivity contribution in [2.45, 2.75) is 25.9 Å². The molecule has 3 atom stereocenters. The fourth-order valence-electron chi connectivity index (χ4n) is 4.65. The molecule has 8 nitrogen and oxygen atoms in total. The average molecular weight is 417 g/mol.